The zero-order valence-corrected chi connectivity index (χ0v) is 31.6. The molecular formula is C34H34N6O14S3. The maximum Gasteiger partial charge on any atom is 0.335 e. The highest BCUT2D eigenvalue weighted by Gasteiger charge is 2.21. The van der Waals surface area contributed by atoms with Crippen LogP contribution in [0.5, 0.6) is 23.0 Å². The number of nitrogens with two attached hydrogens (primary N) is 5. The van der Waals surface area contributed by atoms with Gasteiger partial charge in [-0.15, -0.1) is 0 Å². The lowest BCUT2D eigenvalue weighted by Gasteiger charge is -2.13. The second kappa shape index (κ2) is 16.1. The van der Waals surface area contributed by atoms with Gasteiger partial charge in [-0.05, 0) is 95.7 Å². The van der Waals surface area contributed by atoms with Crippen LogP contribution in [-0.4, -0.2) is 67.9 Å². The van der Waals surface area contributed by atoms with Gasteiger partial charge in [0.25, 0.3) is 20.2 Å². The van der Waals surface area contributed by atoms with Crippen molar-refractivity contribution in [2.24, 2.45) is 5.14 Å². The normalized spacial score (nSPS) is 11.5. The van der Waals surface area contributed by atoms with Crippen molar-refractivity contribution in [1.82, 2.24) is 0 Å². The molecule has 0 radical (unpaired) electrons. The van der Waals surface area contributed by atoms with Crippen molar-refractivity contribution in [3.05, 3.63) is 90.5 Å². The highest BCUT2D eigenvalue weighted by atomic mass is 32.2. The van der Waals surface area contributed by atoms with Crippen molar-refractivity contribution in [2.45, 2.75) is 14.7 Å². The van der Waals surface area contributed by atoms with Crippen LogP contribution in [0.3, 0.4) is 0 Å². The molecule has 17 N–H and O–H groups in total. The van der Waals surface area contributed by atoms with Crippen molar-refractivity contribution in [2.75, 3.05) is 35.4 Å². The van der Waals surface area contributed by atoms with Crippen LogP contribution in [0.2, 0.25) is 0 Å². The number of phenols is 3. The first-order chi connectivity index (χ1) is 26.3. The van der Waals surface area contributed by atoms with Gasteiger partial charge in [0, 0.05) is 22.1 Å². The number of nitrogens with one attached hydrogen (secondary N) is 1. The zero-order chi connectivity index (χ0) is 42.8. The molecule has 6 aromatic rings. The van der Waals surface area contributed by atoms with Crippen molar-refractivity contribution in [1.29, 1.82) is 0 Å². The monoisotopic (exact) mass is 846 g/mol. The molecule has 20 nitrogen and oxygen atoms in total. The summed E-state index contributed by atoms with van der Waals surface area (Å²) in [7, 11) is -11.6. The maximum absolute atomic E-state index is 11.6. The molecule has 0 aliphatic rings. The SMILES string of the molecule is COc1ccc(C(=O)O)cc1N.Nc1c(S(=O)(=O)O)cc2cc(Nc3ccc4c(O)c(N)c(S(=O)(=O)O)cc4c3)ccc2c1O.Nc1cc(S(N)(=O)=O)ccc1O. The molecule has 6 rings (SSSR count). The number of carboxylic acids is 1. The van der Waals surface area contributed by atoms with Gasteiger partial charge in [-0.1, -0.05) is 0 Å². The second-order valence-electron chi connectivity index (χ2n) is 11.7. The van der Waals surface area contributed by atoms with Gasteiger partial charge in [0.2, 0.25) is 10.0 Å². The van der Waals surface area contributed by atoms with E-state index >= 15 is 0 Å². The van der Waals surface area contributed by atoms with Gasteiger partial charge >= 0.3 is 5.97 Å². The summed E-state index contributed by atoms with van der Waals surface area (Å²) in [5, 5.41) is 46.8. The second-order valence-corrected chi connectivity index (χ2v) is 16.1. The van der Waals surface area contributed by atoms with Gasteiger partial charge in [-0.3, -0.25) is 9.11 Å². The van der Waals surface area contributed by atoms with Crippen LogP contribution in [0.4, 0.5) is 34.1 Å². The van der Waals surface area contributed by atoms with Crippen LogP contribution in [-0.2, 0) is 30.3 Å². The van der Waals surface area contributed by atoms with E-state index in [0.717, 1.165) is 18.2 Å². The fourth-order valence-corrected chi connectivity index (χ4v) is 6.93. The van der Waals surface area contributed by atoms with Crippen molar-refractivity contribution >= 4 is 91.9 Å². The van der Waals surface area contributed by atoms with E-state index in [1.54, 1.807) is 12.1 Å². The van der Waals surface area contributed by atoms with E-state index in [0.29, 0.717) is 22.8 Å². The first kappa shape index (κ1) is 43.0. The number of carbonyl (C=O) groups is 1. The molecule has 0 heterocycles. The number of anilines is 6. The van der Waals surface area contributed by atoms with E-state index in [4.69, 9.17) is 43.0 Å². The summed E-state index contributed by atoms with van der Waals surface area (Å²) in [4.78, 5) is 9.07. The number of benzene rings is 6. The first-order valence-electron chi connectivity index (χ1n) is 15.4. The van der Waals surface area contributed by atoms with E-state index in [-0.39, 0.29) is 43.4 Å². The fourth-order valence-electron chi connectivity index (χ4n) is 5.08. The molecule has 0 spiro atoms. The van der Waals surface area contributed by atoms with Crippen LogP contribution in [0, 0.1) is 0 Å². The molecule has 0 amide bonds. The molecule has 0 bridgehead atoms. The highest BCUT2D eigenvalue weighted by molar-refractivity contribution is 7.89. The molecule has 302 valence electrons. The maximum atomic E-state index is 11.6. The predicted molar refractivity (Wildman–Crippen MR) is 211 cm³/mol. The van der Waals surface area contributed by atoms with Gasteiger partial charge in [0.15, 0.2) is 0 Å². The fraction of sp³-hybridized carbons (Fsp3) is 0.0294. The molecule has 0 saturated carbocycles. The number of primary sulfonamides is 1. The Labute approximate surface area is 323 Å². The molecular weight excluding hydrogens is 813 g/mol. The van der Waals surface area contributed by atoms with E-state index < -0.39 is 68.9 Å². The van der Waals surface area contributed by atoms with E-state index in [1.165, 1.54) is 61.7 Å². The van der Waals surface area contributed by atoms with Gasteiger partial charge in [-0.25, -0.2) is 18.4 Å². The van der Waals surface area contributed by atoms with Gasteiger partial charge in [0.05, 0.1) is 40.3 Å². The summed E-state index contributed by atoms with van der Waals surface area (Å²) in [5.74, 6) is -1.67. The molecule has 57 heavy (non-hydrogen) atoms. The summed E-state index contributed by atoms with van der Waals surface area (Å²) in [6.07, 6.45) is 0. The highest BCUT2D eigenvalue weighted by Crippen LogP contribution is 2.40. The number of hydrogen-bond acceptors (Lipinski definition) is 16. The van der Waals surface area contributed by atoms with Crippen LogP contribution < -0.4 is 38.1 Å². The molecule has 0 aliphatic heterocycles. The third-order valence-electron chi connectivity index (χ3n) is 7.88. The number of ether oxygens (including phenoxy) is 1. The lowest BCUT2D eigenvalue weighted by atomic mass is 10.1. The molecule has 0 aliphatic carbocycles. The molecule has 0 aromatic heterocycles. The molecule has 23 heteroatoms. The van der Waals surface area contributed by atoms with Gasteiger partial charge in [0.1, 0.15) is 32.8 Å². The zero-order valence-electron chi connectivity index (χ0n) is 29.1. The molecule has 6 aromatic carbocycles. The summed E-state index contributed by atoms with van der Waals surface area (Å²) in [6, 6.07) is 19.1. The number of methoxy groups -OCH3 is 1. The summed E-state index contributed by atoms with van der Waals surface area (Å²) in [5.41, 5.74) is 22.4. The van der Waals surface area contributed by atoms with E-state index in [1.807, 2.05) is 0 Å². The van der Waals surface area contributed by atoms with Crippen LogP contribution in [0.25, 0.3) is 21.5 Å². The standard InChI is InChI=1S/C20H17N3O8S2.C8H9NO3.C6H8N2O3S/c21-17-15(32(26,27)28)7-9-5-11(1-3-13(9)19(17)24)23-12-2-4-14-10(6-12)8-16(33(29,30)31)18(22)20(14)25;1-12-7-3-2-5(8(10)11)4-6(7)9;7-5-3-4(12(8,10)11)1-2-6(5)9/h1-8,23-25H,21-22H2,(H,26,27,28)(H,29,30,31);2-4H,9H2,1H3,(H,10,11);1-3,9H,7H2,(H2,8,10,11). The number of fused-ring (bicyclic) bond motifs is 2. The molecule has 0 atom stereocenters. The average Bonchev–Trinajstić information content (AvgIpc) is 3.11. The van der Waals surface area contributed by atoms with Crippen molar-refractivity contribution in [3.8, 4) is 23.0 Å². The molecule has 0 fully saturated rings. The quantitative estimate of drug-likeness (QED) is 0.0622. The first-order valence-corrected chi connectivity index (χ1v) is 19.9. The topological polar surface area (TPSA) is 392 Å². The Balaban J connectivity index is 0.000000244. The Hall–Kier alpha value is -6.76. The summed E-state index contributed by atoms with van der Waals surface area (Å²) < 4.78 is 91.3. The van der Waals surface area contributed by atoms with Crippen LogP contribution in [0.15, 0.2) is 99.6 Å². The third-order valence-corrected chi connectivity index (χ3v) is 10.6. The predicted octanol–water partition coefficient (Wildman–Crippen LogP) is 3.40. The minimum atomic E-state index is -4.68. The smallest absolute Gasteiger partial charge is 0.335 e. The Bertz CT molecular complexity index is 2780. The summed E-state index contributed by atoms with van der Waals surface area (Å²) >= 11 is 0. The minimum Gasteiger partial charge on any atom is -0.506 e. The summed E-state index contributed by atoms with van der Waals surface area (Å²) in [6.45, 7) is 0. The minimum absolute atomic E-state index is 0.0125. The largest absolute Gasteiger partial charge is 0.506 e. The average molecular weight is 847 g/mol. The number of sulfonamides is 1. The van der Waals surface area contributed by atoms with Crippen LogP contribution >= 0.6 is 0 Å². The Morgan fingerprint density at radius 3 is 1.47 bits per heavy atom. The number of rotatable bonds is 7. The van der Waals surface area contributed by atoms with Crippen LogP contribution in [0.1, 0.15) is 10.4 Å². The third kappa shape index (κ3) is 9.92. The van der Waals surface area contributed by atoms with Crippen molar-refractivity contribution < 1.29 is 64.3 Å². The Morgan fingerprint density at radius 1 is 0.632 bits per heavy atom. The Morgan fingerprint density at radius 2 is 1.11 bits per heavy atom. The van der Waals surface area contributed by atoms with Gasteiger partial charge in [-0.2, -0.15) is 16.8 Å². The lowest BCUT2D eigenvalue weighted by molar-refractivity contribution is 0.0696. The number of hydrogen-bond donors (Lipinski definition) is 12. The van der Waals surface area contributed by atoms with Crippen molar-refractivity contribution in [3.63, 3.8) is 0 Å². The Kier molecular flexibility index (Phi) is 12.2. The molecule has 0 saturated heterocycles. The number of carboxylic acid groups (broad SMARTS) is 1. The number of aromatic hydroxyl groups is 3. The lowest BCUT2D eigenvalue weighted by Crippen LogP contribution is -2.12. The number of aromatic carboxylic acids is 1. The van der Waals surface area contributed by atoms with Gasteiger partial charge < -0.3 is 53.4 Å². The van der Waals surface area contributed by atoms with E-state index in [9.17, 15) is 49.4 Å². The molecule has 0 unspecified atom stereocenters. The van der Waals surface area contributed by atoms with E-state index in [2.05, 4.69) is 5.32 Å². The number of nitrogen functional groups attached to an aromatic ring is 4. The number of phenolic OH excluding ortho intramolecular Hbond substituents is 3.